The molecule has 13 heavy (non-hydrogen) atoms. The van der Waals surface area contributed by atoms with Crippen molar-refractivity contribution in [1.29, 1.82) is 0 Å². The first-order valence-corrected chi connectivity index (χ1v) is 3.89. The Kier molecular flexibility index (Phi) is 1.85. The molecule has 1 heterocycles. The Morgan fingerprint density at radius 2 is 2.08 bits per heavy atom. The van der Waals surface area contributed by atoms with Gasteiger partial charge in [-0.05, 0) is 12.1 Å². The van der Waals surface area contributed by atoms with E-state index in [2.05, 4.69) is 0 Å². The molecule has 1 aromatic heterocycles. The van der Waals surface area contributed by atoms with E-state index in [1.54, 1.807) is 18.2 Å². The van der Waals surface area contributed by atoms with E-state index in [0.717, 1.165) is 5.39 Å². The third-order valence-corrected chi connectivity index (χ3v) is 1.86. The van der Waals surface area contributed by atoms with Crippen LogP contribution in [0.25, 0.3) is 11.0 Å². The van der Waals surface area contributed by atoms with Crippen molar-refractivity contribution < 1.29 is 8.81 Å². The number of fused-ring (bicyclic) bond motifs is 1. The summed E-state index contributed by atoms with van der Waals surface area (Å²) in [5.74, 6) is 0. The van der Waals surface area contributed by atoms with Crippen LogP contribution in [0.15, 0.2) is 39.5 Å². The van der Waals surface area contributed by atoms with Crippen molar-refractivity contribution in [1.82, 2.24) is 0 Å². The molecule has 3 heteroatoms. The van der Waals surface area contributed by atoms with Gasteiger partial charge in [0.2, 0.25) is 0 Å². The van der Waals surface area contributed by atoms with Gasteiger partial charge in [0.1, 0.15) is 12.3 Å². The van der Waals surface area contributed by atoms with Crippen molar-refractivity contribution in [2.45, 2.75) is 6.67 Å². The first kappa shape index (κ1) is 7.98. The van der Waals surface area contributed by atoms with Crippen LogP contribution in [0.3, 0.4) is 0 Å². The smallest absolute Gasteiger partial charge is 0.342 e. The van der Waals surface area contributed by atoms with Gasteiger partial charge in [-0.3, -0.25) is 0 Å². The van der Waals surface area contributed by atoms with Gasteiger partial charge in [0, 0.05) is 5.39 Å². The summed E-state index contributed by atoms with van der Waals surface area (Å²) in [5.41, 5.74) is -0.0374. The number of hydrogen-bond donors (Lipinski definition) is 0. The highest BCUT2D eigenvalue weighted by molar-refractivity contribution is 5.76. The zero-order valence-corrected chi connectivity index (χ0v) is 6.79. The van der Waals surface area contributed by atoms with E-state index < -0.39 is 12.3 Å². The highest BCUT2D eigenvalue weighted by Gasteiger charge is 2.02. The molecule has 66 valence electrons. The van der Waals surface area contributed by atoms with Crippen LogP contribution < -0.4 is 5.63 Å². The van der Waals surface area contributed by atoms with E-state index in [1.807, 2.05) is 6.07 Å². The minimum Gasteiger partial charge on any atom is -0.422 e. The molecule has 2 nitrogen and oxygen atoms in total. The molecule has 0 amide bonds. The lowest BCUT2D eigenvalue weighted by Crippen LogP contribution is -2.04. The van der Waals surface area contributed by atoms with E-state index in [9.17, 15) is 9.18 Å². The van der Waals surface area contributed by atoms with Gasteiger partial charge in [0.15, 0.2) is 0 Å². The summed E-state index contributed by atoms with van der Waals surface area (Å²) in [7, 11) is 0. The van der Waals surface area contributed by atoms with Crippen LogP contribution in [0.1, 0.15) is 5.56 Å². The van der Waals surface area contributed by atoms with Gasteiger partial charge in [-0.15, -0.1) is 0 Å². The monoisotopic (exact) mass is 178 g/mol. The summed E-state index contributed by atoms with van der Waals surface area (Å²) in [6.45, 7) is -0.785. The molecular weight excluding hydrogens is 171 g/mol. The molecule has 0 aliphatic carbocycles. The maximum atomic E-state index is 12.3. The first-order chi connectivity index (χ1) is 6.31. The maximum Gasteiger partial charge on any atom is 0.342 e. The maximum absolute atomic E-state index is 12.3. The third kappa shape index (κ3) is 1.33. The summed E-state index contributed by atoms with van der Waals surface area (Å²) < 4.78 is 17.1. The fourth-order valence-electron chi connectivity index (χ4n) is 1.20. The molecule has 2 rings (SSSR count). The second-order valence-corrected chi connectivity index (χ2v) is 2.73. The van der Waals surface area contributed by atoms with Crippen molar-refractivity contribution in [2.75, 3.05) is 0 Å². The van der Waals surface area contributed by atoms with Crippen LogP contribution in [-0.2, 0) is 6.67 Å². The summed E-state index contributed by atoms with van der Waals surface area (Å²) >= 11 is 0. The summed E-state index contributed by atoms with van der Waals surface area (Å²) in [6, 6.07) is 8.54. The predicted molar refractivity (Wildman–Crippen MR) is 47.3 cm³/mol. The second kappa shape index (κ2) is 3.01. The van der Waals surface area contributed by atoms with Crippen molar-refractivity contribution in [3.05, 3.63) is 46.3 Å². The van der Waals surface area contributed by atoms with Gasteiger partial charge < -0.3 is 4.42 Å². The average molecular weight is 178 g/mol. The van der Waals surface area contributed by atoms with Crippen molar-refractivity contribution in [3.63, 3.8) is 0 Å². The molecule has 0 aliphatic rings. The largest absolute Gasteiger partial charge is 0.422 e. The Labute approximate surface area is 73.6 Å². The van der Waals surface area contributed by atoms with Crippen LogP contribution in [-0.4, -0.2) is 0 Å². The van der Waals surface area contributed by atoms with E-state index in [4.69, 9.17) is 4.42 Å². The van der Waals surface area contributed by atoms with Gasteiger partial charge >= 0.3 is 5.63 Å². The number of rotatable bonds is 1. The molecule has 0 saturated heterocycles. The molecule has 0 radical (unpaired) electrons. The molecule has 1 aromatic carbocycles. The average Bonchev–Trinajstić information content (AvgIpc) is 2.17. The number of para-hydroxylation sites is 1. The molecule has 0 N–H and O–H groups in total. The Morgan fingerprint density at radius 1 is 1.31 bits per heavy atom. The van der Waals surface area contributed by atoms with E-state index >= 15 is 0 Å². The number of halogens is 1. The van der Waals surface area contributed by atoms with Gasteiger partial charge in [-0.25, -0.2) is 9.18 Å². The minimum absolute atomic E-state index is 0.0682. The molecule has 0 bridgehead atoms. The Balaban J connectivity index is 2.81. The van der Waals surface area contributed by atoms with Gasteiger partial charge in [0.25, 0.3) is 0 Å². The van der Waals surface area contributed by atoms with Crippen LogP contribution in [0.5, 0.6) is 0 Å². The van der Waals surface area contributed by atoms with Gasteiger partial charge in [0.05, 0.1) is 5.56 Å². The number of alkyl halides is 1. The first-order valence-electron chi connectivity index (χ1n) is 3.89. The van der Waals surface area contributed by atoms with Crippen LogP contribution in [0, 0.1) is 0 Å². The SMILES string of the molecule is O=c1oc2ccccc2cc1CF. The van der Waals surface area contributed by atoms with Crippen molar-refractivity contribution in [2.24, 2.45) is 0 Å². The zero-order chi connectivity index (χ0) is 9.26. The van der Waals surface area contributed by atoms with Crippen LogP contribution >= 0.6 is 0 Å². The lowest BCUT2D eigenvalue weighted by atomic mass is 10.2. The Hall–Kier alpha value is -1.64. The second-order valence-electron chi connectivity index (χ2n) is 2.73. The molecule has 0 unspecified atom stereocenters. The lowest BCUT2D eigenvalue weighted by molar-refractivity contribution is 0.459. The Bertz CT molecular complexity index is 487. The molecule has 0 spiro atoms. The minimum atomic E-state index is -0.785. The topological polar surface area (TPSA) is 30.2 Å². The van der Waals surface area contributed by atoms with Crippen molar-refractivity contribution in [3.8, 4) is 0 Å². The van der Waals surface area contributed by atoms with Crippen LogP contribution in [0.4, 0.5) is 4.39 Å². The highest BCUT2D eigenvalue weighted by Crippen LogP contribution is 2.12. The van der Waals surface area contributed by atoms with E-state index in [0.29, 0.717) is 5.58 Å². The Morgan fingerprint density at radius 3 is 2.85 bits per heavy atom. The normalized spacial score (nSPS) is 10.5. The fourth-order valence-corrected chi connectivity index (χ4v) is 1.20. The molecule has 0 aliphatic heterocycles. The number of benzene rings is 1. The fraction of sp³-hybridized carbons (Fsp3) is 0.100. The van der Waals surface area contributed by atoms with Gasteiger partial charge in [-0.1, -0.05) is 18.2 Å². The molecular formula is C10H7FO2. The molecule has 0 fully saturated rings. The predicted octanol–water partition coefficient (Wildman–Crippen LogP) is 2.26. The van der Waals surface area contributed by atoms with E-state index in [-0.39, 0.29) is 5.56 Å². The molecule has 0 atom stereocenters. The lowest BCUT2D eigenvalue weighted by Gasteiger charge is -1.96. The zero-order valence-electron chi connectivity index (χ0n) is 6.79. The third-order valence-electron chi connectivity index (χ3n) is 1.86. The summed E-state index contributed by atoms with van der Waals surface area (Å²) in [5, 5.41) is 0.745. The quantitative estimate of drug-likeness (QED) is 0.627. The molecule has 2 aromatic rings. The van der Waals surface area contributed by atoms with Crippen molar-refractivity contribution >= 4 is 11.0 Å². The highest BCUT2D eigenvalue weighted by atomic mass is 19.1. The number of hydrogen-bond acceptors (Lipinski definition) is 2. The summed E-state index contributed by atoms with van der Waals surface area (Å²) in [6.07, 6.45) is 0. The van der Waals surface area contributed by atoms with E-state index in [1.165, 1.54) is 6.07 Å². The molecule has 0 saturated carbocycles. The summed E-state index contributed by atoms with van der Waals surface area (Å²) in [4.78, 5) is 11.1. The standard InChI is InChI=1S/C10H7FO2/c11-6-8-5-7-3-1-2-4-9(7)13-10(8)12/h1-5H,6H2. The van der Waals surface area contributed by atoms with Gasteiger partial charge in [-0.2, -0.15) is 0 Å². The van der Waals surface area contributed by atoms with Crippen LogP contribution in [0.2, 0.25) is 0 Å².